The van der Waals surface area contributed by atoms with Gasteiger partial charge in [0, 0.05) is 18.8 Å². The van der Waals surface area contributed by atoms with Crippen molar-refractivity contribution in [1.29, 1.82) is 0 Å². The largest absolute Gasteiger partial charge is 0.586 e. The van der Waals surface area contributed by atoms with Crippen LogP contribution in [0.25, 0.3) is 0 Å². The molecule has 0 saturated heterocycles. The minimum Gasteiger partial charge on any atom is -0.485 e. The predicted octanol–water partition coefficient (Wildman–Crippen LogP) is 3.38. The monoisotopic (exact) mass is 462 g/mol. The lowest BCUT2D eigenvalue weighted by molar-refractivity contribution is -0.286. The number of thioether (sulfide) groups is 1. The van der Waals surface area contributed by atoms with Gasteiger partial charge in [0.25, 0.3) is 0 Å². The van der Waals surface area contributed by atoms with Crippen LogP contribution in [0, 0.1) is 0 Å². The van der Waals surface area contributed by atoms with E-state index in [9.17, 15) is 13.6 Å². The van der Waals surface area contributed by atoms with Gasteiger partial charge in [-0.1, -0.05) is 23.9 Å². The van der Waals surface area contributed by atoms with Crippen LogP contribution < -0.4 is 24.3 Å². The van der Waals surface area contributed by atoms with Gasteiger partial charge in [0.2, 0.25) is 5.91 Å². The molecule has 3 aromatic rings. The summed E-state index contributed by atoms with van der Waals surface area (Å²) in [7, 11) is 1.78. The molecule has 2 aliphatic rings. The molecule has 1 amide bonds. The number of fused-ring (bicyclic) bond motifs is 2. The van der Waals surface area contributed by atoms with Crippen LogP contribution in [0.3, 0.4) is 0 Å². The SMILES string of the molecule is Cn1c(SCC(=O)Nc2ccc3c(c2)OC(F)(F)O3)nnc1C1COc2ccccc2O1. The van der Waals surface area contributed by atoms with Gasteiger partial charge in [0.1, 0.15) is 6.61 Å². The maximum absolute atomic E-state index is 13.1. The Kier molecular flexibility index (Phi) is 5.00. The number of ether oxygens (including phenoxy) is 4. The van der Waals surface area contributed by atoms with Crippen LogP contribution in [0.5, 0.6) is 23.0 Å². The summed E-state index contributed by atoms with van der Waals surface area (Å²) >= 11 is 1.18. The first-order valence-corrected chi connectivity index (χ1v) is 10.5. The summed E-state index contributed by atoms with van der Waals surface area (Å²) in [5, 5.41) is 11.5. The first-order chi connectivity index (χ1) is 15.4. The zero-order valence-corrected chi connectivity index (χ0v) is 17.4. The molecule has 1 unspecified atom stereocenters. The van der Waals surface area contributed by atoms with Crippen molar-refractivity contribution in [2.75, 3.05) is 17.7 Å². The molecule has 2 aliphatic heterocycles. The summed E-state index contributed by atoms with van der Waals surface area (Å²) < 4.78 is 48.4. The first-order valence-electron chi connectivity index (χ1n) is 9.48. The Balaban J connectivity index is 1.19. The number of anilines is 1. The van der Waals surface area contributed by atoms with Gasteiger partial charge in [-0.15, -0.1) is 19.0 Å². The number of hydrogen-bond acceptors (Lipinski definition) is 8. The maximum atomic E-state index is 13.1. The number of carbonyl (C=O) groups excluding carboxylic acids is 1. The highest BCUT2D eigenvalue weighted by atomic mass is 32.2. The van der Waals surface area contributed by atoms with Crippen LogP contribution in [0.1, 0.15) is 11.9 Å². The number of carbonyl (C=O) groups is 1. The van der Waals surface area contributed by atoms with Gasteiger partial charge < -0.3 is 28.8 Å². The number of halogens is 2. The molecule has 0 spiro atoms. The number of benzene rings is 2. The third-order valence-electron chi connectivity index (χ3n) is 4.68. The van der Waals surface area contributed by atoms with Gasteiger partial charge in [0.05, 0.1) is 5.75 Å². The van der Waals surface area contributed by atoms with E-state index in [-0.39, 0.29) is 29.8 Å². The van der Waals surface area contributed by atoms with Crippen molar-refractivity contribution in [3.63, 3.8) is 0 Å². The van der Waals surface area contributed by atoms with E-state index in [1.807, 2.05) is 24.3 Å². The van der Waals surface area contributed by atoms with Gasteiger partial charge >= 0.3 is 6.29 Å². The topological polar surface area (TPSA) is 96.7 Å². The highest BCUT2D eigenvalue weighted by Crippen LogP contribution is 2.42. The second-order valence-corrected chi connectivity index (χ2v) is 7.87. The Bertz CT molecular complexity index is 1190. The van der Waals surface area contributed by atoms with Crippen molar-refractivity contribution >= 4 is 23.4 Å². The van der Waals surface area contributed by atoms with E-state index in [4.69, 9.17) is 9.47 Å². The summed E-state index contributed by atoms with van der Waals surface area (Å²) in [5.74, 6) is 1.31. The van der Waals surface area contributed by atoms with E-state index in [2.05, 4.69) is 25.0 Å². The zero-order valence-electron chi connectivity index (χ0n) is 16.6. The van der Waals surface area contributed by atoms with E-state index in [1.165, 1.54) is 30.0 Å². The Morgan fingerprint density at radius 3 is 2.78 bits per heavy atom. The third-order valence-corrected chi connectivity index (χ3v) is 5.70. The lowest BCUT2D eigenvalue weighted by atomic mass is 10.2. The number of para-hydroxylation sites is 2. The highest BCUT2D eigenvalue weighted by molar-refractivity contribution is 7.99. The van der Waals surface area contributed by atoms with Crippen LogP contribution in [0.2, 0.25) is 0 Å². The van der Waals surface area contributed by atoms with Crippen molar-refractivity contribution in [3.05, 3.63) is 48.3 Å². The summed E-state index contributed by atoms with van der Waals surface area (Å²) in [6.45, 7) is 0.289. The number of hydrogen-bond donors (Lipinski definition) is 1. The van der Waals surface area contributed by atoms with E-state index in [0.29, 0.717) is 28.2 Å². The maximum Gasteiger partial charge on any atom is 0.586 e. The van der Waals surface area contributed by atoms with Crippen molar-refractivity contribution in [3.8, 4) is 23.0 Å². The molecule has 166 valence electrons. The number of amides is 1. The number of nitrogens with zero attached hydrogens (tertiary/aromatic N) is 3. The van der Waals surface area contributed by atoms with Gasteiger partial charge in [0.15, 0.2) is 40.1 Å². The van der Waals surface area contributed by atoms with E-state index >= 15 is 0 Å². The molecule has 0 fully saturated rings. The van der Waals surface area contributed by atoms with Crippen LogP contribution in [0.15, 0.2) is 47.6 Å². The summed E-state index contributed by atoms with van der Waals surface area (Å²) in [4.78, 5) is 12.3. The van der Waals surface area contributed by atoms with E-state index < -0.39 is 12.4 Å². The van der Waals surface area contributed by atoms with Crippen LogP contribution in [-0.2, 0) is 11.8 Å². The van der Waals surface area contributed by atoms with Gasteiger partial charge in [-0.25, -0.2) is 0 Å². The number of aromatic nitrogens is 3. The molecular weight excluding hydrogens is 446 g/mol. The normalized spacial score (nSPS) is 17.8. The van der Waals surface area contributed by atoms with Crippen molar-refractivity contribution in [2.24, 2.45) is 7.05 Å². The molecular formula is C20H16F2N4O5S. The molecule has 32 heavy (non-hydrogen) atoms. The van der Waals surface area contributed by atoms with Crippen LogP contribution >= 0.6 is 11.8 Å². The van der Waals surface area contributed by atoms with Crippen molar-refractivity contribution < 1.29 is 32.5 Å². The molecule has 0 saturated carbocycles. The van der Waals surface area contributed by atoms with E-state index in [0.717, 1.165) is 0 Å². The molecule has 0 aliphatic carbocycles. The standard InChI is InChI=1S/C20H16F2N4O5S/c1-26-18(16-9-28-12-4-2-3-5-13(12)29-16)24-25-19(26)32-10-17(27)23-11-6-7-14-15(8-11)31-20(21,22)30-14/h2-8,16H,9-10H2,1H3,(H,23,27). The Labute approximate surface area is 184 Å². The summed E-state index contributed by atoms with van der Waals surface area (Å²) in [5.41, 5.74) is 0.306. The molecule has 2 aromatic carbocycles. The fourth-order valence-corrected chi connectivity index (χ4v) is 3.95. The predicted molar refractivity (Wildman–Crippen MR) is 108 cm³/mol. The quantitative estimate of drug-likeness (QED) is 0.577. The Hall–Kier alpha value is -3.54. The third kappa shape index (κ3) is 4.00. The molecule has 9 nitrogen and oxygen atoms in total. The molecule has 1 N–H and O–H groups in total. The fourth-order valence-electron chi connectivity index (χ4n) is 3.23. The molecule has 1 aromatic heterocycles. The molecule has 0 bridgehead atoms. The van der Waals surface area contributed by atoms with E-state index in [1.54, 1.807) is 11.6 Å². The molecule has 5 rings (SSSR count). The Morgan fingerprint density at radius 2 is 1.94 bits per heavy atom. The Morgan fingerprint density at radius 1 is 1.16 bits per heavy atom. The van der Waals surface area contributed by atoms with Gasteiger partial charge in [-0.3, -0.25) is 4.79 Å². The van der Waals surface area contributed by atoms with Crippen LogP contribution in [-0.4, -0.2) is 39.3 Å². The summed E-state index contributed by atoms with van der Waals surface area (Å²) in [6.07, 6.45) is -4.14. The van der Waals surface area contributed by atoms with Gasteiger partial charge in [-0.05, 0) is 24.3 Å². The number of alkyl halides is 2. The lowest BCUT2D eigenvalue weighted by Crippen LogP contribution is -2.25. The fraction of sp³-hybridized carbons (Fsp3) is 0.250. The first kappa shape index (κ1) is 20.4. The smallest absolute Gasteiger partial charge is 0.485 e. The molecule has 12 heteroatoms. The van der Waals surface area contributed by atoms with Gasteiger partial charge in [-0.2, -0.15) is 0 Å². The average Bonchev–Trinajstić information content (AvgIpc) is 3.29. The van der Waals surface area contributed by atoms with Crippen molar-refractivity contribution in [1.82, 2.24) is 14.8 Å². The number of nitrogens with one attached hydrogen (secondary N) is 1. The second-order valence-electron chi connectivity index (χ2n) is 6.93. The molecule has 3 heterocycles. The minimum absolute atomic E-state index is 0.0292. The van der Waals surface area contributed by atoms with Crippen molar-refractivity contribution in [2.45, 2.75) is 17.6 Å². The average molecular weight is 462 g/mol. The molecule has 1 atom stereocenters. The second kappa shape index (κ2) is 7.86. The highest BCUT2D eigenvalue weighted by Gasteiger charge is 2.43. The molecule has 0 radical (unpaired) electrons. The minimum atomic E-state index is -3.71. The summed E-state index contributed by atoms with van der Waals surface area (Å²) in [6, 6.07) is 11.4. The lowest BCUT2D eigenvalue weighted by Gasteiger charge is -2.25. The zero-order chi connectivity index (χ0) is 22.3. The number of rotatable bonds is 5. The van der Waals surface area contributed by atoms with Crippen LogP contribution in [0.4, 0.5) is 14.5 Å².